The maximum atomic E-state index is 8.25. The fraction of sp³-hybridized carbons (Fsp3) is 0.833. The summed E-state index contributed by atoms with van der Waals surface area (Å²) < 4.78 is 4.69. The molecule has 0 radical (unpaired) electrons. The summed E-state index contributed by atoms with van der Waals surface area (Å²) >= 11 is 0. The average molecular weight is 153 g/mol. The van der Waals surface area contributed by atoms with Gasteiger partial charge in [-0.1, -0.05) is 0 Å². The molecule has 0 aromatic rings. The summed E-state index contributed by atoms with van der Waals surface area (Å²) in [7, 11) is 2.39. The molecule has 0 fully saturated rings. The minimum Gasteiger partial charge on any atom is -0.857 e. The molecule has 0 bridgehead atoms. The summed E-state index contributed by atoms with van der Waals surface area (Å²) in [5, 5.41) is 16.2. The number of hydrogen-bond acceptors (Lipinski definition) is 3. The predicted octanol–water partition coefficient (Wildman–Crippen LogP) is -3.08. The van der Waals surface area contributed by atoms with E-state index in [0.29, 0.717) is 13.0 Å². The molecule has 4 heteroatoms. The number of rotatable bonds is 3. The van der Waals surface area contributed by atoms with Crippen LogP contribution >= 0.6 is 0 Å². The van der Waals surface area contributed by atoms with Crippen LogP contribution in [0.5, 0.6) is 0 Å². The molecule has 0 aliphatic carbocycles. The number of nitriles is 1. The minimum atomic E-state index is 0. The van der Waals surface area contributed by atoms with E-state index in [0.717, 1.165) is 13.5 Å². The van der Waals surface area contributed by atoms with Crippen molar-refractivity contribution in [2.75, 3.05) is 20.8 Å². The SMILES string of the molecule is COCCCC#N.C[O-].[Na+]. The summed E-state index contributed by atoms with van der Waals surface area (Å²) in [6.45, 7) is 0.702. The third-order valence-electron chi connectivity index (χ3n) is 0.637. The van der Waals surface area contributed by atoms with Gasteiger partial charge in [0.2, 0.25) is 0 Å². The summed E-state index contributed by atoms with van der Waals surface area (Å²) in [5.74, 6) is 0. The second-order valence-electron chi connectivity index (χ2n) is 1.25. The monoisotopic (exact) mass is 153 g/mol. The van der Waals surface area contributed by atoms with Crippen LogP contribution in [0.25, 0.3) is 0 Å². The molecule has 10 heavy (non-hydrogen) atoms. The Bertz CT molecular complexity index is 72.6. The van der Waals surface area contributed by atoms with Crippen LogP contribution in [0.1, 0.15) is 12.8 Å². The number of hydrogen-bond donors (Lipinski definition) is 0. The Kier molecular flexibility index (Phi) is 38.2. The first-order valence-corrected chi connectivity index (χ1v) is 2.68. The Morgan fingerprint density at radius 3 is 2.30 bits per heavy atom. The van der Waals surface area contributed by atoms with E-state index in [1.165, 1.54) is 0 Å². The van der Waals surface area contributed by atoms with Gasteiger partial charge in [0.05, 0.1) is 6.07 Å². The summed E-state index contributed by atoms with van der Waals surface area (Å²) in [4.78, 5) is 0. The van der Waals surface area contributed by atoms with Crippen LogP contribution in [-0.2, 0) is 4.74 Å². The molecule has 0 saturated carbocycles. The van der Waals surface area contributed by atoms with Crippen molar-refractivity contribution in [1.29, 1.82) is 5.26 Å². The number of methoxy groups -OCH3 is 1. The fourth-order valence-corrected chi connectivity index (χ4v) is 0.296. The van der Waals surface area contributed by atoms with Crippen LogP contribution in [0, 0.1) is 11.3 Å². The van der Waals surface area contributed by atoms with Crippen molar-refractivity contribution in [3.63, 3.8) is 0 Å². The zero-order valence-electron chi connectivity index (χ0n) is 6.89. The largest absolute Gasteiger partial charge is 1.00 e. The molecule has 0 spiro atoms. The van der Waals surface area contributed by atoms with E-state index in [-0.39, 0.29) is 29.6 Å². The molecule has 0 rings (SSSR count). The van der Waals surface area contributed by atoms with Crippen LogP contribution < -0.4 is 34.7 Å². The predicted molar refractivity (Wildman–Crippen MR) is 32.6 cm³/mol. The van der Waals surface area contributed by atoms with Crippen molar-refractivity contribution in [3.8, 4) is 6.07 Å². The molecule has 54 valence electrons. The zero-order valence-corrected chi connectivity index (χ0v) is 8.89. The minimum absolute atomic E-state index is 0. The van der Waals surface area contributed by atoms with E-state index in [9.17, 15) is 0 Å². The molecule has 0 aromatic heterocycles. The molecule has 0 unspecified atom stereocenters. The number of unbranched alkanes of at least 4 members (excludes halogenated alkanes) is 1. The molecule has 0 aliphatic heterocycles. The van der Waals surface area contributed by atoms with Gasteiger partial charge in [0.15, 0.2) is 0 Å². The van der Waals surface area contributed by atoms with Gasteiger partial charge in [0.1, 0.15) is 0 Å². The maximum absolute atomic E-state index is 8.25. The topological polar surface area (TPSA) is 56.1 Å². The molecule has 0 heterocycles. The molecule has 0 aliphatic rings. The molecule has 0 atom stereocenters. The van der Waals surface area contributed by atoms with E-state index in [1.54, 1.807) is 7.11 Å². The van der Waals surface area contributed by atoms with Crippen molar-refractivity contribution in [2.45, 2.75) is 12.8 Å². The van der Waals surface area contributed by atoms with E-state index >= 15 is 0 Å². The third kappa shape index (κ3) is 23.7. The van der Waals surface area contributed by atoms with Crippen molar-refractivity contribution >= 4 is 0 Å². The second kappa shape index (κ2) is 22.7. The van der Waals surface area contributed by atoms with Crippen LogP contribution in [0.3, 0.4) is 0 Å². The first kappa shape index (κ1) is 16.8. The average Bonchev–Trinajstić information content (AvgIpc) is 1.94. The van der Waals surface area contributed by atoms with Crippen molar-refractivity contribution in [2.24, 2.45) is 0 Å². The van der Waals surface area contributed by atoms with Crippen LogP contribution in [-0.4, -0.2) is 20.8 Å². The summed E-state index contributed by atoms with van der Waals surface area (Å²) in [6.07, 6.45) is 1.46. The van der Waals surface area contributed by atoms with Crippen LogP contribution in [0.4, 0.5) is 0 Å². The van der Waals surface area contributed by atoms with E-state index in [4.69, 9.17) is 15.1 Å². The Morgan fingerprint density at radius 1 is 1.50 bits per heavy atom. The quantitative estimate of drug-likeness (QED) is 0.319. The van der Waals surface area contributed by atoms with Gasteiger partial charge in [-0.2, -0.15) is 12.4 Å². The normalized spacial score (nSPS) is 6.20. The maximum Gasteiger partial charge on any atom is 1.00 e. The van der Waals surface area contributed by atoms with Gasteiger partial charge in [-0.25, -0.2) is 0 Å². The van der Waals surface area contributed by atoms with E-state index < -0.39 is 0 Å². The Hall–Kier alpha value is 0.410. The third-order valence-corrected chi connectivity index (χ3v) is 0.637. The van der Waals surface area contributed by atoms with Gasteiger partial charge in [-0.05, 0) is 6.42 Å². The van der Waals surface area contributed by atoms with E-state index in [1.807, 2.05) is 6.07 Å². The summed E-state index contributed by atoms with van der Waals surface area (Å²) in [5.41, 5.74) is 0. The van der Waals surface area contributed by atoms with Gasteiger partial charge in [0, 0.05) is 20.1 Å². The fourth-order valence-electron chi connectivity index (χ4n) is 0.296. The van der Waals surface area contributed by atoms with Crippen molar-refractivity contribution in [1.82, 2.24) is 0 Å². The molecule has 0 amide bonds. The van der Waals surface area contributed by atoms with Gasteiger partial charge < -0.3 is 9.84 Å². The molecular formula is C6H12NNaO2. The second-order valence-corrected chi connectivity index (χ2v) is 1.25. The van der Waals surface area contributed by atoms with Gasteiger partial charge in [-0.15, -0.1) is 0 Å². The molecule has 0 saturated heterocycles. The van der Waals surface area contributed by atoms with Gasteiger partial charge in [-0.3, -0.25) is 0 Å². The first-order chi connectivity index (χ1) is 4.41. The Balaban J connectivity index is -0.000000149. The van der Waals surface area contributed by atoms with Crippen LogP contribution in [0.2, 0.25) is 0 Å². The Morgan fingerprint density at radius 2 is 2.00 bits per heavy atom. The van der Waals surface area contributed by atoms with Gasteiger partial charge in [0.25, 0.3) is 0 Å². The van der Waals surface area contributed by atoms with Gasteiger partial charge >= 0.3 is 29.6 Å². The Labute approximate surface area is 84.3 Å². The smallest absolute Gasteiger partial charge is 0.857 e. The molecule has 3 nitrogen and oxygen atoms in total. The van der Waals surface area contributed by atoms with Crippen molar-refractivity contribution in [3.05, 3.63) is 0 Å². The zero-order chi connectivity index (χ0) is 7.54. The van der Waals surface area contributed by atoms with E-state index in [2.05, 4.69) is 0 Å². The molecule has 0 aromatic carbocycles. The summed E-state index contributed by atoms with van der Waals surface area (Å²) in [6, 6.07) is 2.02. The standard InChI is InChI=1S/C5H9NO.CH3O.Na/c1-7-5-3-2-4-6;1-2;/h2-3,5H2,1H3;1H3;/q;-1;+1. The molecular weight excluding hydrogens is 141 g/mol. The van der Waals surface area contributed by atoms with Crippen LogP contribution in [0.15, 0.2) is 0 Å². The number of nitrogens with zero attached hydrogens (tertiary/aromatic N) is 1. The van der Waals surface area contributed by atoms with Crippen molar-refractivity contribution < 1.29 is 39.4 Å². The first-order valence-electron chi connectivity index (χ1n) is 2.68. The molecule has 0 N–H and O–H groups in total. The number of ether oxygens (including phenoxy) is 1.